The van der Waals surface area contributed by atoms with E-state index >= 15 is 0 Å². The van der Waals surface area contributed by atoms with E-state index in [1.54, 1.807) is 22.6 Å². The minimum absolute atomic E-state index is 0.357. The number of halogens is 4. The fourth-order valence-electron chi connectivity index (χ4n) is 1.10. The Kier molecular flexibility index (Phi) is 3.31. The Hall–Kier alpha value is -0.730. The van der Waals surface area contributed by atoms with Gasteiger partial charge in [0.25, 0.3) is 0 Å². The summed E-state index contributed by atoms with van der Waals surface area (Å²) in [6.07, 6.45) is -3.28. The Balaban J connectivity index is 3.19. The molecule has 0 saturated heterocycles. The van der Waals surface area contributed by atoms with Crippen LogP contribution in [0.2, 0.25) is 0 Å². The number of carboxylic acid groups (broad SMARTS) is 1. The first-order valence-corrected chi connectivity index (χ1v) is 4.98. The lowest BCUT2D eigenvalue weighted by Crippen LogP contribution is -2.25. The van der Waals surface area contributed by atoms with Crippen molar-refractivity contribution in [3.05, 3.63) is 21.5 Å². The maximum atomic E-state index is 12.4. The van der Waals surface area contributed by atoms with Crippen LogP contribution in [0.5, 0.6) is 0 Å². The zero-order valence-corrected chi connectivity index (χ0v) is 9.70. The van der Waals surface area contributed by atoms with Gasteiger partial charge in [0.15, 0.2) is 0 Å². The quantitative estimate of drug-likeness (QED) is 0.846. The molecule has 0 fully saturated rings. The van der Waals surface area contributed by atoms with E-state index in [0.29, 0.717) is 8.14 Å². The van der Waals surface area contributed by atoms with Gasteiger partial charge in [-0.05, 0) is 35.6 Å². The summed E-state index contributed by atoms with van der Waals surface area (Å²) in [5.41, 5.74) is -0.357. The fourth-order valence-corrected chi connectivity index (χ4v) is 1.69. The summed E-state index contributed by atoms with van der Waals surface area (Å²) in [5, 5.41) is 8.70. The maximum Gasteiger partial charge on any atom is 0.408 e. The van der Waals surface area contributed by atoms with Gasteiger partial charge in [0.2, 0.25) is 0 Å². The molecule has 84 valence electrons. The minimum atomic E-state index is -4.45. The molecule has 0 aliphatic carbocycles. The predicted molar refractivity (Wildman–Crippen MR) is 54.9 cm³/mol. The average molecular weight is 333 g/mol. The summed E-state index contributed by atoms with van der Waals surface area (Å²) >= 11 is 1.77. The molecule has 3 nitrogen and oxygen atoms in total. The van der Waals surface area contributed by atoms with E-state index < -0.39 is 18.2 Å². The monoisotopic (exact) mass is 333 g/mol. The molecule has 1 aromatic heterocycles. The van der Waals surface area contributed by atoms with Gasteiger partial charge >= 0.3 is 12.1 Å². The van der Waals surface area contributed by atoms with E-state index in [1.807, 2.05) is 0 Å². The summed E-state index contributed by atoms with van der Waals surface area (Å²) in [6, 6.07) is -0.641. The number of aromatic carboxylic acids is 1. The number of carbonyl (C=O) groups is 1. The lowest BCUT2D eigenvalue weighted by atomic mass is 10.3. The van der Waals surface area contributed by atoms with Crippen molar-refractivity contribution in [1.82, 2.24) is 4.57 Å². The highest BCUT2D eigenvalue weighted by atomic mass is 127. The maximum absolute atomic E-state index is 12.4. The summed E-state index contributed by atoms with van der Waals surface area (Å²) in [6.45, 7) is 0.919. The Labute approximate surface area is 97.0 Å². The van der Waals surface area contributed by atoms with Crippen LogP contribution in [0.1, 0.15) is 23.5 Å². The molecule has 0 aromatic carbocycles. The van der Waals surface area contributed by atoms with Crippen LogP contribution in [0.3, 0.4) is 0 Å². The first-order chi connectivity index (χ1) is 6.73. The number of nitrogens with zero attached hydrogens (tertiary/aromatic N) is 1. The van der Waals surface area contributed by atoms with E-state index in [0.717, 1.165) is 6.92 Å². The summed E-state index contributed by atoms with van der Waals surface area (Å²) in [4.78, 5) is 10.7. The van der Waals surface area contributed by atoms with Gasteiger partial charge in [-0.2, -0.15) is 13.2 Å². The van der Waals surface area contributed by atoms with E-state index in [-0.39, 0.29) is 5.69 Å². The second-order valence-corrected chi connectivity index (χ2v) is 4.22. The Morgan fingerprint density at radius 1 is 1.60 bits per heavy atom. The van der Waals surface area contributed by atoms with Crippen LogP contribution in [-0.4, -0.2) is 21.8 Å². The molecule has 0 saturated carbocycles. The number of hydrogen-bond donors (Lipinski definition) is 1. The van der Waals surface area contributed by atoms with Gasteiger partial charge in [-0.3, -0.25) is 0 Å². The van der Waals surface area contributed by atoms with Gasteiger partial charge in [0.1, 0.15) is 11.7 Å². The smallest absolute Gasteiger partial charge is 0.408 e. The highest BCUT2D eigenvalue weighted by Gasteiger charge is 2.38. The third-order valence-corrected chi connectivity index (χ3v) is 2.52. The molecule has 0 spiro atoms. The van der Waals surface area contributed by atoms with Gasteiger partial charge in [0.05, 0.1) is 0 Å². The van der Waals surface area contributed by atoms with Crippen LogP contribution in [0.25, 0.3) is 0 Å². The van der Waals surface area contributed by atoms with Gasteiger partial charge in [-0.1, -0.05) is 0 Å². The standard InChI is InChI=1S/C8H7F3INO2/c1-4(8(9,10)11)13-3-5(12)2-6(13)7(14)15/h2-4H,1H3,(H,14,15). The van der Waals surface area contributed by atoms with E-state index in [1.165, 1.54) is 12.3 Å². The van der Waals surface area contributed by atoms with Crippen molar-refractivity contribution in [1.29, 1.82) is 0 Å². The van der Waals surface area contributed by atoms with Gasteiger partial charge < -0.3 is 9.67 Å². The zero-order chi connectivity index (χ0) is 11.8. The third kappa shape index (κ3) is 2.64. The van der Waals surface area contributed by atoms with E-state index in [4.69, 9.17) is 5.11 Å². The molecule has 1 atom stereocenters. The number of carboxylic acids is 1. The summed E-state index contributed by atoms with van der Waals surface area (Å²) < 4.78 is 38.3. The first kappa shape index (κ1) is 12.3. The Morgan fingerprint density at radius 3 is 2.53 bits per heavy atom. The second-order valence-electron chi connectivity index (χ2n) is 2.97. The van der Waals surface area contributed by atoms with Gasteiger partial charge in [-0.25, -0.2) is 4.79 Å². The lowest BCUT2D eigenvalue weighted by molar-refractivity contribution is -0.163. The molecule has 0 aliphatic heterocycles. The molecule has 15 heavy (non-hydrogen) atoms. The van der Waals surface area contributed by atoms with Crippen molar-refractivity contribution >= 4 is 28.6 Å². The fraction of sp³-hybridized carbons (Fsp3) is 0.375. The number of aromatic nitrogens is 1. The van der Waals surface area contributed by atoms with Crippen molar-refractivity contribution in [2.75, 3.05) is 0 Å². The van der Waals surface area contributed by atoms with Crippen LogP contribution in [0.4, 0.5) is 13.2 Å². The molecule has 0 amide bonds. The zero-order valence-electron chi connectivity index (χ0n) is 7.55. The number of alkyl halides is 3. The highest BCUT2D eigenvalue weighted by Crippen LogP contribution is 2.32. The minimum Gasteiger partial charge on any atom is -0.477 e. The van der Waals surface area contributed by atoms with Crippen LogP contribution < -0.4 is 0 Å². The average Bonchev–Trinajstić information content (AvgIpc) is 2.44. The second kappa shape index (κ2) is 4.03. The number of rotatable bonds is 2. The molecular formula is C8H7F3INO2. The Morgan fingerprint density at radius 2 is 2.13 bits per heavy atom. The highest BCUT2D eigenvalue weighted by molar-refractivity contribution is 14.1. The van der Waals surface area contributed by atoms with Crippen molar-refractivity contribution in [2.45, 2.75) is 19.1 Å². The number of hydrogen-bond acceptors (Lipinski definition) is 1. The largest absolute Gasteiger partial charge is 0.477 e. The first-order valence-electron chi connectivity index (χ1n) is 3.91. The van der Waals surface area contributed by atoms with Crippen LogP contribution in [0.15, 0.2) is 12.3 Å². The van der Waals surface area contributed by atoms with Crippen molar-refractivity contribution < 1.29 is 23.1 Å². The predicted octanol–water partition coefficient (Wildman–Crippen LogP) is 2.91. The van der Waals surface area contributed by atoms with Crippen LogP contribution in [-0.2, 0) is 0 Å². The molecule has 7 heteroatoms. The Bertz CT molecular complexity index is 386. The van der Waals surface area contributed by atoms with Crippen molar-refractivity contribution in [3.63, 3.8) is 0 Å². The lowest BCUT2D eigenvalue weighted by Gasteiger charge is -2.18. The molecule has 1 unspecified atom stereocenters. The van der Waals surface area contributed by atoms with Crippen molar-refractivity contribution in [3.8, 4) is 0 Å². The van der Waals surface area contributed by atoms with Crippen LogP contribution >= 0.6 is 22.6 Å². The molecule has 0 bridgehead atoms. The van der Waals surface area contributed by atoms with E-state index in [9.17, 15) is 18.0 Å². The summed E-state index contributed by atoms with van der Waals surface area (Å²) in [5.74, 6) is -1.37. The normalized spacial score (nSPS) is 13.9. The third-order valence-electron chi connectivity index (χ3n) is 1.93. The molecule has 1 N–H and O–H groups in total. The topological polar surface area (TPSA) is 42.2 Å². The SMILES string of the molecule is CC(n1cc(I)cc1C(=O)O)C(F)(F)F. The van der Waals surface area contributed by atoms with E-state index in [2.05, 4.69) is 0 Å². The van der Waals surface area contributed by atoms with Gasteiger partial charge in [0, 0.05) is 9.77 Å². The molecule has 1 rings (SSSR count). The molecule has 0 aliphatic rings. The molecule has 1 heterocycles. The molecular weight excluding hydrogens is 326 g/mol. The van der Waals surface area contributed by atoms with Gasteiger partial charge in [-0.15, -0.1) is 0 Å². The van der Waals surface area contributed by atoms with Crippen molar-refractivity contribution in [2.24, 2.45) is 0 Å². The van der Waals surface area contributed by atoms with Crippen LogP contribution in [0, 0.1) is 3.57 Å². The summed E-state index contributed by atoms with van der Waals surface area (Å²) in [7, 11) is 0. The molecule has 0 radical (unpaired) electrons. The molecule has 1 aromatic rings.